The third-order valence-corrected chi connectivity index (χ3v) is 8.17. The third-order valence-electron chi connectivity index (χ3n) is 6.11. The van der Waals surface area contributed by atoms with Crippen molar-refractivity contribution in [3.05, 3.63) is 29.3 Å². The number of nitrogens with one attached hydrogen (secondary N) is 1. The number of aryl methyl sites for hydroxylation is 2. The van der Waals surface area contributed by atoms with Crippen LogP contribution in [0.1, 0.15) is 36.8 Å². The number of piperidine rings is 1. The van der Waals surface area contributed by atoms with E-state index in [4.69, 9.17) is 0 Å². The lowest BCUT2D eigenvalue weighted by Crippen LogP contribution is -2.47. The first-order chi connectivity index (χ1) is 14.4. The Labute approximate surface area is 181 Å². The van der Waals surface area contributed by atoms with Gasteiger partial charge in [0, 0.05) is 52.2 Å². The fraction of sp³-hybridized carbons (Fsp3) is 0.682. The first kappa shape index (κ1) is 23.2. The molecule has 30 heavy (non-hydrogen) atoms. The smallest absolute Gasteiger partial charge is 0.243 e. The van der Waals surface area contributed by atoms with Gasteiger partial charge in [-0.1, -0.05) is 24.1 Å². The molecule has 1 aromatic rings. The maximum absolute atomic E-state index is 13.5. The van der Waals surface area contributed by atoms with E-state index in [-0.39, 0.29) is 18.9 Å². The van der Waals surface area contributed by atoms with E-state index in [1.54, 1.807) is 6.07 Å². The summed E-state index contributed by atoms with van der Waals surface area (Å²) >= 11 is 0. The molecule has 2 saturated heterocycles. The number of amides is 1. The van der Waals surface area contributed by atoms with E-state index in [2.05, 4.69) is 10.2 Å². The monoisotopic (exact) mass is 436 g/mol. The SMILES string of the molecule is Cc1ccc(S(=O)(=O)N(CCC(=O)N2CCNCC2)CCN2CCCCC2)c(C)c1. The molecule has 1 amide bonds. The van der Waals surface area contributed by atoms with Crippen molar-refractivity contribution >= 4 is 15.9 Å². The number of sulfonamides is 1. The Morgan fingerprint density at radius 2 is 1.73 bits per heavy atom. The second kappa shape index (κ2) is 10.7. The van der Waals surface area contributed by atoms with Gasteiger partial charge >= 0.3 is 0 Å². The molecular weight excluding hydrogens is 400 g/mol. The molecular formula is C22H36N4O3S. The quantitative estimate of drug-likeness (QED) is 0.670. The fourth-order valence-corrected chi connectivity index (χ4v) is 5.95. The van der Waals surface area contributed by atoms with Gasteiger partial charge in [-0.15, -0.1) is 0 Å². The van der Waals surface area contributed by atoms with E-state index in [1.165, 1.54) is 23.6 Å². The van der Waals surface area contributed by atoms with Crippen molar-refractivity contribution in [1.29, 1.82) is 0 Å². The number of hydrogen-bond donors (Lipinski definition) is 1. The second-order valence-electron chi connectivity index (χ2n) is 8.46. The molecule has 0 radical (unpaired) electrons. The highest BCUT2D eigenvalue weighted by molar-refractivity contribution is 7.89. The van der Waals surface area contributed by atoms with Gasteiger partial charge in [0.1, 0.15) is 0 Å². The summed E-state index contributed by atoms with van der Waals surface area (Å²) in [7, 11) is -3.65. The molecule has 2 aliphatic heterocycles. The van der Waals surface area contributed by atoms with Crippen molar-refractivity contribution in [2.24, 2.45) is 0 Å². The van der Waals surface area contributed by atoms with Crippen molar-refractivity contribution in [3.8, 4) is 0 Å². The van der Waals surface area contributed by atoms with Crippen LogP contribution >= 0.6 is 0 Å². The van der Waals surface area contributed by atoms with Crippen molar-refractivity contribution in [2.75, 3.05) is 58.9 Å². The lowest BCUT2D eigenvalue weighted by Gasteiger charge is -2.31. The van der Waals surface area contributed by atoms with Gasteiger partial charge in [0.2, 0.25) is 15.9 Å². The first-order valence-electron chi connectivity index (χ1n) is 11.2. The normalized spacial score (nSPS) is 18.7. The molecule has 0 bridgehead atoms. The molecule has 8 heteroatoms. The summed E-state index contributed by atoms with van der Waals surface area (Å²) in [5.74, 6) is 0.0373. The molecule has 168 valence electrons. The molecule has 0 unspecified atom stereocenters. The molecule has 1 aromatic carbocycles. The standard InChI is InChI=1S/C22H36N4O3S/c1-19-6-7-21(20(2)18-19)30(28,29)26(17-16-24-11-4-3-5-12-24)13-8-22(27)25-14-9-23-10-15-25/h6-7,18,23H,3-5,8-17H2,1-2H3. The zero-order valence-corrected chi connectivity index (χ0v) is 19.2. The number of hydrogen-bond acceptors (Lipinski definition) is 5. The Hall–Kier alpha value is -1.48. The van der Waals surface area contributed by atoms with E-state index in [0.717, 1.165) is 37.3 Å². The average Bonchev–Trinajstić information content (AvgIpc) is 2.74. The van der Waals surface area contributed by atoms with Crippen LogP contribution in [0.5, 0.6) is 0 Å². The minimum absolute atomic E-state index is 0.0373. The zero-order chi connectivity index (χ0) is 21.6. The molecule has 0 spiro atoms. The van der Waals surface area contributed by atoms with Crippen molar-refractivity contribution in [2.45, 2.75) is 44.4 Å². The van der Waals surface area contributed by atoms with Crippen molar-refractivity contribution in [3.63, 3.8) is 0 Å². The highest BCUT2D eigenvalue weighted by Gasteiger charge is 2.28. The number of carbonyl (C=O) groups is 1. The Kier molecular flexibility index (Phi) is 8.27. The van der Waals surface area contributed by atoms with Gasteiger partial charge in [-0.3, -0.25) is 4.79 Å². The molecule has 0 saturated carbocycles. The third kappa shape index (κ3) is 6.03. The van der Waals surface area contributed by atoms with Crippen LogP contribution in [0.25, 0.3) is 0 Å². The van der Waals surface area contributed by atoms with Crippen LogP contribution in [0.3, 0.4) is 0 Å². The van der Waals surface area contributed by atoms with Crippen molar-refractivity contribution < 1.29 is 13.2 Å². The number of carbonyl (C=O) groups excluding carboxylic acids is 1. The molecule has 0 aliphatic carbocycles. The molecule has 0 aromatic heterocycles. The summed E-state index contributed by atoms with van der Waals surface area (Å²) in [6.07, 6.45) is 3.82. The summed E-state index contributed by atoms with van der Waals surface area (Å²) in [6.45, 7) is 10.2. The Bertz CT molecular complexity index is 816. The van der Waals surface area contributed by atoms with Gasteiger partial charge in [-0.05, 0) is 51.4 Å². The summed E-state index contributed by atoms with van der Waals surface area (Å²) in [5, 5.41) is 3.24. The van der Waals surface area contributed by atoms with E-state index in [1.807, 2.05) is 30.9 Å². The Morgan fingerprint density at radius 1 is 1.03 bits per heavy atom. The summed E-state index contributed by atoms with van der Waals surface area (Å²) in [6, 6.07) is 5.45. The molecule has 2 aliphatic rings. The highest BCUT2D eigenvalue weighted by Crippen LogP contribution is 2.22. The second-order valence-corrected chi connectivity index (χ2v) is 10.4. The number of piperazine rings is 1. The van der Waals surface area contributed by atoms with Gasteiger partial charge in [-0.2, -0.15) is 4.31 Å². The Balaban J connectivity index is 1.72. The molecule has 3 rings (SSSR count). The van der Waals surface area contributed by atoms with Crippen LogP contribution in [-0.2, 0) is 14.8 Å². The van der Waals surface area contributed by atoms with Gasteiger partial charge in [-0.25, -0.2) is 8.42 Å². The predicted octanol–water partition coefficient (Wildman–Crippen LogP) is 1.60. The summed E-state index contributed by atoms with van der Waals surface area (Å²) in [5.41, 5.74) is 1.80. The fourth-order valence-electron chi connectivity index (χ4n) is 4.31. The summed E-state index contributed by atoms with van der Waals surface area (Å²) < 4.78 is 28.5. The number of rotatable bonds is 8. The molecule has 0 atom stereocenters. The van der Waals surface area contributed by atoms with Crippen LogP contribution in [0.2, 0.25) is 0 Å². The highest BCUT2D eigenvalue weighted by atomic mass is 32.2. The molecule has 2 heterocycles. The van der Waals surface area contributed by atoms with E-state index >= 15 is 0 Å². The van der Waals surface area contributed by atoms with Crippen LogP contribution in [-0.4, -0.2) is 87.3 Å². The van der Waals surface area contributed by atoms with Crippen LogP contribution in [0.15, 0.2) is 23.1 Å². The minimum atomic E-state index is -3.65. The van der Waals surface area contributed by atoms with Crippen molar-refractivity contribution in [1.82, 2.24) is 19.4 Å². The largest absolute Gasteiger partial charge is 0.340 e. The van der Waals surface area contributed by atoms with Gasteiger partial charge in [0.25, 0.3) is 0 Å². The maximum atomic E-state index is 13.5. The lowest BCUT2D eigenvalue weighted by atomic mass is 10.1. The van der Waals surface area contributed by atoms with Gasteiger partial charge in [0.05, 0.1) is 4.90 Å². The molecule has 1 N–H and O–H groups in total. The van der Waals surface area contributed by atoms with Gasteiger partial charge in [0.15, 0.2) is 0 Å². The Morgan fingerprint density at radius 3 is 2.40 bits per heavy atom. The summed E-state index contributed by atoms with van der Waals surface area (Å²) in [4.78, 5) is 17.2. The predicted molar refractivity (Wildman–Crippen MR) is 119 cm³/mol. The van der Waals surface area contributed by atoms with E-state index in [0.29, 0.717) is 31.1 Å². The molecule has 7 nitrogen and oxygen atoms in total. The number of likely N-dealkylation sites (tertiary alicyclic amines) is 1. The van der Waals surface area contributed by atoms with Crippen LogP contribution < -0.4 is 5.32 Å². The van der Waals surface area contributed by atoms with Crippen LogP contribution in [0, 0.1) is 13.8 Å². The molecule has 2 fully saturated rings. The maximum Gasteiger partial charge on any atom is 0.243 e. The topological polar surface area (TPSA) is 73.0 Å². The van der Waals surface area contributed by atoms with E-state index < -0.39 is 10.0 Å². The number of benzene rings is 1. The zero-order valence-electron chi connectivity index (χ0n) is 18.4. The lowest BCUT2D eigenvalue weighted by molar-refractivity contribution is -0.131. The first-order valence-corrected chi connectivity index (χ1v) is 12.6. The van der Waals surface area contributed by atoms with E-state index in [9.17, 15) is 13.2 Å². The van der Waals surface area contributed by atoms with Gasteiger partial charge < -0.3 is 15.1 Å². The van der Waals surface area contributed by atoms with Crippen LogP contribution in [0.4, 0.5) is 0 Å². The number of nitrogens with zero attached hydrogens (tertiary/aromatic N) is 3. The average molecular weight is 437 g/mol. The minimum Gasteiger partial charge on any atom is -0.340 e.